The Balaban J connectivity index is 1.88. The summed E-state index contributed by atoms with van der Waals surface area (Å²) in [7, 11) is 0. The van der Waals surface area contributed by atoms with Crippen LogP contribution in [0.15, 0.2) is 12.1 Å². The van der Waals surface area contributed by atoms with Crippen LogP contribution in [0.3, 0.4) is 0 Å². The number of carboxylic acids is 1. The van der Waals surface area contributed by atoms with Crippen molar-refractivity contribution in [1.29, 1.82) is 0 Å². The third-order valence-electron chi connectivity index (χ3n) is 3.61. The lowest BCUT2D eigenvalue weighted by molar-refractivity contribution is -0.383. The number of benzene rings is 1. The van der Waals surface area contributed by atoms with Crippen LogP contribution in [0, 0.1) is 10.1 Å². The largest absolute Gasteiger partial charge is 0.481 e. The van der Waals surface area contributed by atoms with E-state index in [1.165, 1.54) is 17.0 Å². The monoisotopic (exact) mass is 352 g/mol. The van der Waals surface area contributed by atoms with Crippen molar-refractivity contribution in [3.63, 3.8) is 0 Å². The average molecular weight is 352 g/mol. The Morgan fingerprint density at radius 2 is 2.25 bits per heavy atom. The molecule has 11 heteroatoms. The number of carbonyl (C=O) groups excluding carboxylic acids is 1. The molecule has 10 nitrogen and oxygen atoms in total. The molecule has 1 aliphatic heterocycles. The summed E-state index contributed by atoms with van der Waals surface area (Å²) in [5, 5.41) is 20.0. The fourth-order valence-electron chi connectivity index (χ4n) is 2.54. The number of ether oxygens (including phenoxy) is 1. The number of nitrogens with zero attached hydrogens (tertiary/aromatic N) is 4. The van der Waals surface area contributed by atoms with Crippen LogP contribution in [0.5, 0.6) is 0 Å². The summed E-state index contributed by atoms with van der Waals surface area (Å²) in [6.07, 6.45) is -0.807. The Bertz CT molecular complexity index is 822. The molecule has 1 N–H and O–H groups in total. The second-order valence-corrected chi connectivity index (χ2v) is 5.75. The van der Waals surface area contributed by atoms with E-state index in [2.05, 4.69) is 8.75 Å². The molecule has 2 aromatic rings. The van der Waals surface area contributed by atoms with Gasteiger partial charge in [-0.2, -0.15) is 8.75 Å². The predicted molar refractivity (Wildman–Crippen MR) is 82.0 cm³/mol. The molecule has 1 fully saturated rings. The standard InChI is InChI=1S/C13H12N4O6S/c18-11(19)5-8-6-16(1-2-23-8)13(20)7-3-9-12(15-24-14-9)10(4-7)17(21)22/h3-4,8H,1-2,5-6H2,(H,18,19). The summed E-state index contributed by atoms with van der Waals surface area (Å²) in [5.74, 6) is -1.44. The van der Waals surface area contributed by atoms with Crippen LogP contribution in [0.4, 0.5) is 5.69 Å². The fraction of sp³-hybridized carbons (Fsp3) is 0.385. The number of carboxylic acid groups (broad SMARTS) is 1. The molecule has 24 heavy (non-hydrogen) atoms. The minimum absolute atomic E-state index is 0.117. The number of hydrogen-bond donors (Lipinski definition) is 1. The molecule has 1 atom stereocenters. The van der Waals surface area contributed by atoms with Crippen molar-refractivity contribution in [2.75, 3.05) is 19.7 Å². The van der Waals surface area contributed by atoms with E-state index in [1.54, 1.807) is 0 Å². The number of fused-ring (bicyclic) bond motifs is 1. The van der Waals surface area contributed by atoms with E-state index in [0.29, 0.717) is 0 Å². The van der Waals surface area contributed by atoms with Crippen molar-refractivity contribution in [3.8, 4) is 0 Å². The quantitative estimate of drug-likeness (QED) is 0.633. The zero-order valence-electron chi connectivity index (χ0n) is 12.2. The van der Waals surface area contributed by atoms with Gasteiger partial charge in [-0.3, -0.25) is 19.7 Å². The number of nitro benzene ring substituents is 1. The van der Waals surface area contributed by atoms with Crippen molar-refractivity contribution >= 4 is 40.3 Å². The summed E-state index contributed by atoms with van der Waals surface area (Å²) >= 11 is 0.833. The second kappa shape index (κ2) is 6.45. The van der Waals surface area contributed by atoms with Gasteiger partial charge in [0.05, 0.1) is 35.8 Å². The lowest BCUT2D eigenvalue weighted by Gasteiger charge is -2.32. The number of nitro groups is 1. The molecule has 1 aliphatic rings. The SMILES string of the molecule is O=C(O)CC1CN(C(=O)c2cc([N+](=O)[O-])c3nsnc3c2)CCO1. The smallest absolute Gasteiger partial charge is 0.306 e. The maximum absolute atomic E-state index is 12.6. The van der Waals surface area contributed by atoms with Gasteiger partial charge in [0.15, 0.2) is 5.52 Å². The molecule has 1 amide bonds. The molecule has 1 saturated heterocycles. The number of non-ortho nitro benzene ring substituents is 1. The van der Waals surface area contributed by atoms with Crippen LogP contribution in [0.1, 0.15) is 16.8 Å². The fourth-order valence-corrected chi connectivity index (χ4v) is 3.08. The van der Waals surface area contributed by atoms with Crippen LogP contribution < -0.4 is 0 Å². The van der Waals surface area contributed by atoms with Crippen LogP contribution in [0.25, 0.3) is 11.0 Å². The predicted octanol–water partition coefficient (Wildman–Crippen LogP) is 0.915. The van der Waals surface area contributed by atoms with E-state index in [9.17, 15) is 19.7 Å². The Labute approximate surface area is 139 Å². The maximum atomic E-state index is 12.6. The Morgan fingerprint density at radius 1 is 1.46 bits per heavy atom. The molecule has 1 aromatic carbocycles. The third-order valence-corrected chi connectivity index (χ3v) is 4.16. The number of carbonyl (C=O) groups is 2. The number of hydrogen-bond acceptors (Lipinski definition) is 8. The first-order chi connectivity index (χ1) is 11.5. The number of aliphatic carboxylic acids is 1. The molecule has 1 aromatic heterocycles. The highest BCUT2D eigenvalue weighted by Gasteiger charge is 2.28. The van der Waals surface area contributed by atoms with Crippen molar-refractivity contribution in [2.45, 2.75) is 12.5 Å². The summed E-state index contributed by atoms with van der Waals surface area (Å²) in [4.78, 5) is 35.4. The molecule has 1 unspecified atom stereocenters. The van der Waals surface area contributed by atoms with Gasteiger partial charge in [0, 0.05) is 24.7 Å². The zero-order chi connectivity index (χ0) is 17.3. The Kier molecular flexibility index (Phi) is 4.36. The average Bonchev–Trinajstić information content (AvgIpc) is 3.01. The summed E-state index contributed by atoms with van der Waals surface area (Å²) in [5.41, 5.74) is 0.276. The zero-order valence-corrected chi connectivity index (χ0v) is 13.1. The minimum atomic E-state index is -1.01. The molecule has 0 saturated carbocycles. The number of rotatable bonds is 4. The van der Waals surface area contributed by atoms with E-state index in [0.717, 1.165) is 11.7 Å². The first-order valence-electron chi connectivity index (χ1n) is 6.99. The number of morpholine rings is 1. The van der Waals surface area contributed by atoms with E-state index >= 15 is 0 Å². The van der Waals surface area contributed by atoms with Crippen molar-refractivity contribution < 1.29 is 24.4 Å². The van der Waals surface area contributed by atoms with Gasteiger partial charge < -0.3 is 14.7 Å². The van der Waals surface area contributed by atoms with Gasteiger partial charge in [-0.05, 0) is 6.07 Å². The first kappa shape index (κ1) is 16.2. The molecule has 0 aliphatic carbocycles. The van der Waals surface area contributed by atoms with Crippen molar-refractivity contribution in [1.82, 2.24) is 13.6 Å². The van der Waals surface area contributed by atoms with Crippen molar-refractivity contribution in [3.05, 3.63) is 27.8 Å². The summed E-state index contributed by atoms with van der Waals surface area (Å²) in [6, 6.07) is 2.63. The molecular formula is C13H12N4O6S. The van der Waals surface area contributed by atoms with Crippen LogP contribution in [0.2, 0.25) is 0 Å². The van der Waals surface area contributed by atoms with Gasteiger partial charge in [-0.25, -0.2) is 0 Å². The summed E-state index contributed by atoms with van der Waals surface area (Å²) < 4.78 is 13.2. The second-order valence-electron chi connectivity index (χ2n) is 5.23. The highest BCUT2D eigenvalue weighted by Crippen LogP contribution is 2.27. The molecule has 2 heterocycles. The molecule has 126 valence electrons. The molecule has 0 radical (unpaired) electrons. The molecule has 0 spiro atoms. The maximum Gasteiger partial charge on any atom is 0.306 e. The lowest BCUT2D eigenvalue weighted by atomic mass is 10.1. The van der Waals surface area contributed by atoms with E-state index in [1.807, 2.05) is 0 Å². The third kappa shape index (κ3) is 3.16. The van der Waals surface area contributed by atoms with Crippen LogP contribution in [-0.2, 0) is 9.53 Å². The lowest BCUT2D eigenvalue weighted by Crippen LogP contribution is -2.46. The van der Waals surface area contributed by atoms with Gasteiger partial charge in [0.25, 0.3) is 11.6 Å². The van der Waals surface area contributed by atoms with Gasteiger partial charge in [-0.15, -0.1) is 0 Å². The van der Waals surface area contributed by atoms with Crippen LogP contribution >= 0.6 is 11.7 Å². The van der Waals surface area contributed by atoms with Gasteiger partial charge in [0.1, 0.15) is 5.52 Å². The molecule has 0 bridgehead atoms. The van der Waals surface area contributed by atoms with Gasteiger partial charge in [0.2, 0.25) is 0 Å². The van der Waals surface area contributed by atoms with E-state index < -0.39 is 22.9 Å². The number of amides is 1. The Morgan fingerprint density at radius 3 is 2.96 bits per heavy atom. The normalized spacial score (nSPS) is 17.8. The summed E-state index contributed by atoms with van der Waals surface area (Å²) in [6.45, 7) is 0.620. The van der Waals surface area contributed by atoms with Crippen LogP contribution in [-0.4, -0.2) is 61.4 Å². The van der Waals surface area contributed by atoms with Gasteiger partial charge in [-0.1, -0.05) is 0 Å². The number of aromatic nitrogens is 2. The van der Waals surface area contributed by atoms with Gasteiger partial charge >= 0.3 is 5.97 Å². The first-order valence-corrected chi connectivity index (χ1v) is 7.72. The highest BCUT2D eigenvalue weighted by atomic mass is 32.1. The Hall–Kier alpha value is -2.66. The van der Waals surface area contributed by atoms with E-state index in [4.69, 9.17) is 9.84 Å². The van der Waals surface area contributed by atoms with E-state index in [-0.39, 0.29) is 48.4 Å². The molecule has 3 rings (SSSR count). The molecular weight excluding hydrogens is 340 g/mol. The topological polar surface area (TPSA) is 136 Å². The minimum Gasteiger partial charge on any atom is -0.481 e. The highest BCUT2D eigenvalue weighted by molar-refractivity contribution is 7.00. The van der Waals surface area contributed by atoms with Crippen molar-refractivity contribution in [2.24, 2.45) is 0 Å².